The van der Waals surface area contributed by atoms with Crippen LogP contribution in [-0.2, 0) is 17.8 Å². The van der Waals surface area contributed by atoms with E-state index in [4.69, 9.17) is 12.2 Å². The summed E-state index contributed by atoms with van der Waals surface area (Å²) >= 11 is 6.60. The van der Waals surface area contributed by atoms with Gasteiger partial charge in [0.15, 0.2) is 0 Å². The molecule has 0 bridgehead atoms. The van der Waals surface area contributed by atoms with Gasteiger partial charge < -0.3 is 4.90 Å². The Morgan fingerprint density at radius 1 is 1.19 bits per heavy atom. The van der Waals surface area contributed by atoms with Crippen molar-refractivity contribution in [1.82, 2.24) is 9.47 Å². The van der Waals surface area contributed by atoms with Gasteiger partial charge in [-0.25, -0.2) is 0 Å². The highest BCUT2D eigenvalue weighted by Gasteiger charge is 2.31. The number of hydrogen-bond donors (Lipinski definition) is 0. The fraction of sp³-hybridized carbons (Fsp3) is 0.429. The molecule has 36 heavy (non-hydrogen) atoms. The molecular formula is C28H32N4O2S2. The van der Waals surface area contributed by atoms with E-state index in [0.717, 1.165) is 56.6 Å². The minimum atomic E-state index is -0.245. The van der Waals surface area contributed by atoms with Gasteiger partial charge in [0.1, 0.15) is 21.8 Å². The maximum absolute atomic E-state index is 13.4. The van der Waals surface area contributed by atoms with Crippen molar-refractivity contribution in [3.8, 4) is 6.07 Å². The van der Waals surface area contributed by atoms with Crippen molar-refractivity contribution >= 4 is 46.1 Å². The number of amides is 1. The number of unbranched alkanes of at least 4 members (excludes halogenated alkanes) is 1. The summed E-state index contributed by atoms with van der Waals surface area (Å²) in [5.41, 5.74) is 2.65. The number of anilines is 1. The highest BCUT2D eigenvalue weighted by atomic mass is 32.2. The normalized spacial score (nSPS) is 17.8. The van der Waals surface area contributed by atoms with E-state index in [1.54, 1.807) is 11.6 Å². The molecule has 2 aliphatic rings. The number of benzene rings is 1. The van der Waals surface area contributed by atoms with Gasteiger partial charge in [0.25, 0.3) is 11.5 Å². The SMILES string of the molecule is CCCCn1c(N2CCC(Cc3ccccc3)CC2)c(C=C2SC(=S)N(C)C2=O)c(C)c(C#N)c1=O. The van der Waals surface area contributed by atoms with Crippen molar-refractivity contribution in [2.75, 3.05) is 25.0 Å². The molecule has 2 aliphatic heterocycles. The van der Waals surface area contributed by atoms with Gasteiger partial charge >= 0.3 is 0 Å². The third kappa shape index (κ3) is 5.28. The number of thioether (sulfide) groups is 1. The lowest BCUT2D eigenvalue weighted by molar-refractivity contribution is -0.121. The zero-order valence-electron chi connectivity index (χ0n) is 21.1. The first-order chi connectivity index (χ1) is 17.3. The molecule has 0 atom stereocenters. The van der Waals surface area contributed by atoms with Crippen LogP contribution in [0, 0.1) is 24.2 Å². The predicted octanol–water partition coefficient (Wildman–Crippen LogP) is 5.12. The standard InChI is InChI=1S/C28H32N4O2S2/c1-4-5-13-32-25(31-14-11-21(12-15-31)16-20-9-7-6-8-10-20)22(19(2)23(18-29)26(32)33)17-24-27(34)30(3)28(35)36-24/h6-10,17,21H,4-5,11-16H2,1-3H3. The number of nitrogens with zero attached hydrogens (tertiary/aromatic N) is 4. The van der Waals surface area contributed by atoms with Gasteiger partial charge in [-0.2, -0.15) is 5.26 Å². The fourth-order valence-corrected chi connectivity index (χ4v) is 6.14. The zero-order valence-corrected chi connectivity index (χ0v) is 22.8. The number of carbonyl (C=O) groups is 1. The van der Waals surface area contributed by atoms with Crippen LogP contribution in [0.2, 0.25) is 0 Å². The Morgan fingerprint density at radius 2 is 1.89 bits per heavy atom. The van der Waals surface area contributed by atoms with Crippen molar-refractivity contribution in [2.45, 2.75) is 52.5 Å². The number of carbonyl (C=O) groups excluding carboxylic acids is 1. The molecule has 0 unspecified atom stereocenters. The van der Waals surface area contributed by atoms with Gasteiger partial charge in [0.2, 0.25) is 0 Å². The molecule has 188 valence electrons. The van der Waals surface area contributed by atoms with Gasteiger partial charge in [-0.3, -0.25) is 19.1 Å². The smallest absolute Gasteiger partial charge is 0.270 e. The number of thiocarbonyl (C=S) groups is 1. The molecule has 8 heteroatoms. The Bertz CT molecular complexity index is 1290. The number of piperidine rings is 1. The summed E-state index contributed by atoms with van der Waals surface area (Å²) in [5.74, 6) is 1.25. The Kier molecular flexibility index (Phi) is 8.32. The number of nitriles is 1. The highest BCUT2D eigenvalue weighted by Crippen LogP contribution is 2.36. The maximum Gasteiger partial charge on any atom is 0.270 e. The highest BCUT2D eigenvalue weighted by molar-refractivity contribution is 8.26. The lowest BCUT2D eigenvalue weighted by atomic mass is 9.90. The molecule has 2 saturated heterocycles. The van der Waals surface area contributed by atoms with Crippen LogP contribution in [0.4, 0.5) is 5.82 Å². The van der Waals surface area contributed by atoms with E-state index in [1.165, 1.54) is 22.2 Å². The van der Waals surface area contributed by atoms with Crippen LogP contribution in [0.15, 0.2) is 40.0 Å². The third-order valence-corrected chi connectivity index (χ3v) is 8.61. The van der Waals surface area contributed by atoms with Crippen molar-refractivity contribution in [3.63, 3.8) is 0 Å². The van der Waals surface area contributed by atoms with Gasteiger partial charge in [-0.1, -0.05) is 67.7 Å². The second-order valence-corrected chi connectivity index (χ2v) is 11.2. The molecule has 1 amide bonds. The average Bonchev–Trinajstić information content (AvgIpc) is 3.12. The van der Waals surface area contributed by atoms with Crippen LogP contribution in [0.25, 0.3) is 6.08 Å². The van der Waals surface area contributed by atoms with E-state index in [1.807, 2.05) is 19.1 Å². The van der Waals surface area contributed by atoms with Crippen LogP contribution in [0.5, 0.6) is 0 Å². The Morgan fingerprint density at radius 3 is 2.47 bits per heavy atom. The number of rotatable bonds is 7. The molecule has 3 heterocycles. The van der Waals surface area contributed by atoms with Crippen LogP contribution in [0.3, 0.4) is 0 Å². The fourth-order valence-electron chi connectivity index (χ4n) is 4.98. The van der Waals surface area contributed by atoms with Crippen LogP contribution in [0.1, 0.15) is 54.9 Å². The molecule has 0 radical (unpaired) electrons. The Hall–Kier alpha value is -2.89. The number of aromatic nitrogens is 1. The number of hydrogen-bond acceptors (Lipinski definition) is 6. The topological polar surface area (TPSA) is 69.3 Å². The molecule has 0 saturated carbocycles. The van der Waals surface area contributed by atoms with Crippen LogP contribution < -0.4 is 10.5 Å². The van der Waals surface area contributed by atoms with Gasteiger partial charge in [0, 0.05) is 32.2 Å². The largest absolute Gasteiger partial charge is 0.357 e. The van der Waals surface area contributed by atoms with Crippen LogP contribution >= 0.6 is 24.0 Å². The monoisotopic (exact) mass is 520 g/mol. The summed E-state index contributed by atoms with van der Waals surface area (Å²) in [5, 5.41) is 9.85. The lowest BCUT2D eigenvalue weighted by Gasteiger charge is -2.36. The summed E-state index contributed by atoms with van der Waals surface area (Å²) in [6.07, 6.45) is 6.70. The van der Waals surface area contributed by atoms with E-state index in [9.17, 15) is 14.9 Å². The van der Waals surface area contributed by atoms with E-state index < -0.39 is 0 Å². The zero-order chi connectivity index (χ0) is 25.8. The van der Waals surface area contributed by atoms with Crippen LogP contribution in [-0.4, -0.2) is 39.8 Å². The van der Waals surface area contributed by atoms with Gasteiger partial charge in [-0.05, 0) is 55.7 Å². The second kappa shape index (κ2) is 11.4. The van der Waals surface area contributed by atoms with Gasteiger partial charge in [0.05, 0.1) is 4.91 Å². The summed E-state index contributed by atoms with van der Waals surface area (Å²) in [4.78, 5) is 30.5. The maximum atomic E-state index is 13.4. The first kappa shape index (κ1) is 26.2. The molecule has 1 aromatic heterocycles. The summed E-state index contributed by atoms with van der Waals surface area (Å²) in [7, 11) is 1.67. The van der Waals surface area contributed by atoms with Gasteiger partial charge in [-0.15, -0.1) is 0 Å². The van der Waals surface area contributed by atoms with E-state index in [0.29, 0.717) is 27.3 Å². The molecule has 2 fully saturated rings. The molecule has 1 aromatic carbocycles. The van der Waals surface area contributed by atoms with Crippen molar-refractivity contribution in [1.29, 1.82) is 5.26 Å². The Balaban J connectivity index is 1.75. The molecule has 0 spiro atoms. The molecule has 2 aromatic rings. The minimum Gasteiger partial charge on any atom is -0.357 e. The molecule has 0 N–H and O–H groups in total. The van der Waals surface area contributed by atoms with E-state index >= 15 is 0 Å². The van der Waals surface area contributed by atoms with Crippen molar-refractivity contribution < 1.29 is 4.79 Å². The first-order valence-electron chi connectivity index (χ1n) is 12.5. The lowest BCUT2D eigenvalue weighted by Crippen LogP contribution is -2.40. The molecular weight excluding hydrogens is 488 g/mol. The predicted molar refractivity (Wildman–Crippen MR) is 151 cm³/mol. The van der Waals surface area contributed by atoms with E-state index in [2.05, 4.69) is 42.2 Å². The summed E-state index contributed by atoms with van der Waals surface area (Å²) in [6, 6.07) is 12.7. The molecule has 6 nitrogen and oxygen atoms in total. The second-order valence-electron chi connectivity index (χ2n) is 9.52. The number of pyridine rings is 1. The van der Waals surface area contributed by atoms with E-state index in [-0.39, 0.29) is 17.0 Å². The van der Waals surface area contributed by atoms with Crippen molar-refractivity contribution in [2.24, 2.45) is 5.92 Å². The first-order valence-corrected chi connectivity index (χ1v) is 13.8. The summed E-state index contributed by atoms with van der Waals surface area (Å²) < 4.78 is 2.28. The number of likely N-dealkylation sites (N-methyl/N-ethyl adjacent to an activating group) is 1. The molecule has 4 rings (SSSR count). The van der Waals surface area contributed by atoms with Crippen molar-refractivity contribution in [3.05, 3.63) is 67.8 Å². The average molecular weight is 521 g/mol. The third-order valence-electron chi connectivity index (χ3n) is 7.12. The summed E-state index contributed by atoms with van der Waals surface area (Å²) in [6.45, 7) is 6.09. The quantitative estimate of drug-likeness (QED) is 0.373. The molecule has 0 aliphatic carbocycles. The Labute approximate surface area is 222 Å². The minimum absolute atomic E-state index is 0.145.